The van der Waals surface area contributed by atoms with E-state index in [4.69, 9.17) is 4.42 Å². The number of hydrogen-bond acceptors (Lipinski definition) is 4. The van der Waals surface area contributed by atoms with E-state index in [-0.39, 0.29) is 0 Å². The fraction of sp³-hybridized carbons (Fsp3) is 0.417. The third-order valence-electron chi connectivity index (χ3n) is 5.50. The zero-order valence-corrected chi connectivity index (χ0v) is 17.6. The van der Waals surface area contributed by atoms with Crippen molar-refractivity contribution in [3.05, 3.63) is 83.6 Å². The summed E-state index contributed by atoms with van der Waals surface area (Å²) in [5, 5.41) is 8.67. The van der Waals surface area contributed by atoms with Crippen molar-refractivity contribution in [3.8, 4) is 0 Å². The summed E-state index contributed by atoms with van der Waals surface area (Å²) in [6.07, 6.45) is 0.860. The molecule has 3 rings (SSSR count). The summed E-state index contributed by atoms with van der Waals surface area (Å²) < 4.78 is 6.07. The van der Waals surface area contributed by atoms with Crippen molar-refractivity contribution in [3.63, 3.8) is 0 Å². The Morgan fingerprint density at radius 1 is 0.821 bits per heavy atom. The molecule has 0 aliphatic carbocycles. The molecule has 0 spiro atoms. The molecule has 0 fully saturated rings. The maximum Gasteiger partial charge on any atom is 0.231 e. The number of rotatable bonds is 8. The second-order valence-corrected chi connectivity index (χ2v) is 7.94. The first-order valence-electron chi connectivity index (χ1n) is 10.1. The van der Waals surface area contributed by atoms with Crippen LogP contribution in [-0.4, -0.2) is 33.7 Å². The molecule has 0 N–H and O–H groups in total. The molecule has 0 saturated carbocycles. The lowest BCUT2D eigenvalue weighted by molar-refractivity contribution is 0.161. The van der Waals surface area contributed by atoms with E-state index >= 15 is 0 Å². The van der Waals surface area contributed by atoms with E-state index in [2.05, 4.69) is 91.3 Å². The number of benzene rings is 2. The SMILES string of the molecule is Cc1nnc(C(CCN(C(C)C)C(C)C)(c2ccccc2)c2ccccc2)o1. The highest BCUT2D eigenvalue weighted by atomic mass is 16.4. The van der Waals surface area contributed by atoms with E-state index in [1.807, 2.05) is 19.1 Å². The molecule has 0 amide bonds. The molecule has 148 valence electrons. The minimum absolute atomic E-state index is 0.466. The zero-order chi connectivity index (χ0) is 20.1. The van der Waals surface area contributed by atoms with Crippen molar-refractivity contribution in [1.29, 1.82) is 0 Å². The summed E-state index contributed by atoms with van der Waals surface area (Å²) in [4.78, 5) is 2.52. The van der Waals surface area contributed by atoms with Gasteiger partial charge in [-0.2, -0.15) is 0 Å². The van der Waals surface area contributed by atoms with Crippen LogP contribution in [0.2, 0.25) is 0 Å². The van der Waals surface area contributed by atoms with Gasteiger partial charge < -0.3 is 4.42 Å². The number of nitrogens with zero attached hydrogens (tertiary/aromatic N) is 3. The molecule has 0 unspecified atom stereocenters. The lowest BCUT2D eigenvalue weighted by Gasteiger charge is -2.37. The topological polar surface area (TPSA) is 42.2 Å². The largest absolute Gasteiger partial charge is 0.424 e. The minimum Gasteiger partial charge on any atom is -0.424 e. The van der Waals surface area contributed by atoms with Gasteiger partial charge in [-0.3, -0.25) is 4.90 Å². The third kappa shape index (κ3) is 4.02. The van der Waals surface area contributed by atoms with Crippen molar-refractivity contribution < 1.29 is 4.42 Å². The van der Waals surface area contributed by atoms with Crippen LogP contribution in [0.25, 0.3) is 0 Å². The number of hydrogen-bond donors (Lipinski definition) is 0. The molecule has 0 aliphatic rings. The van der Waals surface area contributed by atoms with Crippen LogP contribution < -0.4 is 0 Å². The van der Waals surface area contributed by atoms with Gasteiger partial charge in [0.1, 0.15) is 0 Å². The predicted molar refractivity (Wildman–Crippen MR) is 113 cm³/mol. The molecule has 3 aromatic rings. The van der Waals surface area contributed by atoms with Crippen molar-refractivity contribution in [2.75, 3.05) is 6.54 Å². The Hall–Kier alpha value is -2.46. The molecule has 0 aliphatic heterocycles. The second-order valence-electron chi connectivity index (χ2n) is 7.94. The van der Waals surface area contributed by atoms with Gasteiger partial charge in [-0.1, -0.05) is 60.7 Å². The van der Waals surface area contributed by atoms with E-state index in [9.17, 15) is 0 Å². The van der Waals surface area contributed by atoms with Crippen LogP contribution in [0.5, 0.6) is 0 Å². The van der Waals surface area contributed by atoms with Crippen LogP contribution in [0.3, 0.4) is 0 Å². The van der Waals surface area contributed by atoms with Gasteiger partial charge >= 0.3 is 0 Å². The highest BCUT2D eigenvalue weighted by Crippen LogP contribution is 2.41. The molecule has 2 aromatic carbocycles. The smallest absolute Gasteiger partial charge is 0.231 e. The number of aryl methyl sites for hydroxylation is 1. The van der Waals surface area contributed by atoms with Crippen molar-refractivity contribution in [1.82, 2.24) is 15.1 Å². The Morgan fingerprint density at radius 3 is 1.71 bits per heavy atom. The Labute approximate surface area is 168 Å². The van der Waals surface area contributed by atoms with E-state index in [1.54, 1.807) is 0 Å². The van der Waals surface area contributed by atoms with Crippen LogP contribution in [-0.2, 0) is 5.41 Å². The van der Waals surface area contributed by atoms with E-state index in [1.165, 1.54) is 11.1 Å². The molecular formula is C24H31N3O. The van der Waals surface area contributed by atoms with Gasteiger partial charge in [0.25, 0.3) is 0 Å². The van der Waals surface area contributed by atoms with Gasteiger partial charge in [0.2, 0.25) is 11.8 Å². The average Bonchev–Trinajstić information content (AvgIpc) is 3.13. The standard InChI is InChI=1S/C24H31N3O/c1-18(2)27(19(3)4)17-16-24(21-12-8-6-9-13-21,22-14-10-7-11-15-22)23-26-25-20(5)28-23/h6-15,18-19H,16-17H2,1-5H3. The fourth-order valence-electron chi connectivity index (χ4n) is 4.13. The third-order valence-corrected chi connectivity index (χ3v) is 5.50. The van der Waals surface area contributed by atoms with Crippen LogP contribution in [0.4, 0.5) is 0 Å². The maximum absolute atomic E-state index is 6.07. The molecule has 0 bridgehead atoms. The summed E-state index contributed by atoms with van der Waals surface area (Å²) >= 11 is 0. The Bertz CT molecular complexity index is 808. The lowest BCUT2D eigenvalue weighted by atomic mass is 9.71. The molecule has 0 radical (unpaired) electrons. The normalized spacial score (nSPS) is 12.3. The maximum atomic E-state index is 6.07. The first kappa shape index (κ1) is 20.3. The summed E-state index contributed by atoms with van der Waals surface area (Å²) in [5.41, 5.74) is 1.88. The van der Waals surface area contributed by atoms with Crippen LogP contribution >= 0.6 is 0 Å². The summed E-state index contributed by atoms with van der Waals surface area (Å²) in [5.74, 6) is 1.26. The van der Waals surface area contributed by atoms with Crippen molar-refractivity contribution in [2.24, 2.45) is 0 Å². The highest BCUT2D eigenvalue weighted by molar-refractivity contribution is 5.45. The van der Waals surface area contributed by atoms with Gasteiger partial charge in [0.05, 0.1) is 5.41 Å². The Morgan fingerprint density at radius 2 is 1.32 bits per heavy atom. The fourth-order valence-corrected chi connectivity index (χ4v) is 4.13. The summed E-state index contributed by atoms with van der Waals surface area (Å²) in [7, 11) is 0. The van der Waals surface area contributed by atoms with Gasteiger partial charge in [0, 0.05) is 25.6 Å². The van der Waals surface area contributed by atoms with Gasteiger partial charge in [0.15, 0.2) is 0 Å². The molecule has 1 heterocycles. The Balaban J connectivity index is 2.16. The first-order valence-corrected chi connectivity index (χ1v) is 10.1. The molecule has 28 heavy (non-hydrogen) atoms. The highest BCUT2D eigenvalue weighted by Gasteiger charge is 2.41. The molecule has 0 atom stereocenters. The lowest BCUT2D eigenvalue weighted by Crippen LogP contribution is -2.42. The zero-order valence-electron chi connectivity index (χ0n) is 17.6. The quantitative estimate of drug-likeness (QED) is 0.540. The molecule has 4 nitrogen and oxygen atoms in total. The first-order chi connectivity index (χ1) is 13.4. The Kier molecular flexibility index (Phi) is 6.30. The van der Waals surface area contributed by atoms with Crippen molar-refractivity contribution in [2.45, 2.75) is 58.5 Å². The monoisotopic (exact) mass is 377 g/mol. The second kappa shape index (κ2) is 8.70. The van der Waals surface area contributed by atoms with E-state index in [0.717, 1.165) is 13.0 Å². The molecule has 0 saturated heterocycles. The molecule has 4 heteroatoms. The predicted octanol–water partition coefficient (Wildman–Crippen LogP) is 5.22. The summed E-state index contributed by atoms with van der Waals surface area (Å²) in [6, 6.07) is 22.0. The number of aromatic nitrogens is 2. The average molecular weight is 378 g/mol. The van der Waals surface area contributed by atoms with Gasteiger partial charge in [-0.15, -0.1) is 10.2 Å². The summed E-state index contributed by atoms with van der Waals surface area (Å²) in [6.45, 7) is 11.8. The van der Waals surface area contributed by atoms with Crippen molar-refractivity contribution >= 4 is 0 Å². The van der Waals surface area contributed by atoms with E-state index < -0.39 is 5.41 Å². The van der Waals surface area contributed by atoms with Gasteiger partial charge in [-0.05, 0) is 45.2 Å². The van der Waals surface area contributed by atoms with Crippen LogP contribution in [0, 0.1) is 6.92 Å². The minimum atomic E-state index is -0.480. The molecule has 1 aromatic heterocycles. The van der Waals surface area contributed by atoms with Crippen LogP contribution in [0.15, 0.2) is 65.1 Å². The van der Waals surface area contributed by atoms with Crippen LogP contribution in [0.1, 0.15) is 57.0 Å². The van der Waals surface area contributed by atoms with E-state index in [0.29, 0.717) is 23.9 Å². The van der Waals surface area contributed by atoms with Gasteiger partial charge in [-0.25, -0.2) is 0 Å². The molecular weight excluding hydrogens is 346 g/mol.